The highest BCUT2D eigenvalue weighted by Gasteiger charge is 2.47. The lowest BCUT2D eigenvalue weighted by Crippen LogP contribution is -2.42. The summed E-state index contributed by atoms with van der Waals surface area (Å²) in [5.74, 6) is -5.33. The van der Waals surface area contributed by atoms with Crippen molar-refractivity contribution in [3.8, 4) is 0 Å². The van der Waals surface area contributed by atoms with Crippen molar-refractivity contribution in [3.05, 3.63) is 39.9 Å². The van der Waals surface area contributed by atoms with Crippen molar-refractivity contribution < 1.29 is 18.5 Å². The largest absolute Gasteiger partial charge is 0.356 e. The van der Waals surface area contributed by atoms with Crippen LogP contribution < -0.4 is 0 Å². The molecular weight excluding hydrogens is 258 g/mol. The number of likely N-dealkylation sites (N-methyl/N-ethyl adjacent to an activating group) is 1. The Hall–Kier alpha value is -2.05. The molecule has 0 heterocycles. The van der Waals surface area contributed by atoms with Crippen LogP contribution in [-0.2, 0) is 10.7 Å². The first kappa shape index (κ1) is 15.0. The van der Waals surface area contributed by atoms with Crippen LogP contribution in [0.2, 0.25) is 0 Å². The molecule has 104 valence electrons. The third-order valence-corrected chi connectivity index (χ3v) is 2.76. The number of rotatable bonds is 5. The van der Waals surface area contributed by atoms with Crippen molar-refractivity contribution in [2.75, 3.05) is 13.1 Å². The van der Waals surface area contributed by atoms with Crippen LogP contribution in [0.3, 0.4) is 0 Å². The van der Waals surface area contributed by atoms with E-state index in [1.54, 1.807) is 13.8 Å². The number of halogens is 2. The standard InChI is InChI=1S/C12H14F2N2O3/c1-3-15(4-2)11(17)12(13,14)9-7-5-6-8-10(9)16(18)19/h5-8H,3-4H2,1-2H3. The summed E-state index contributed by atoms with van der Waals surface area (Å²) in [6.07, 6.45) is 0. The molecule has 1 aromatic rings. The topological polar surface area (TPSA) is 63.5 Å². The van der Waals surface area contributed by atoms with Crippen LogP contribution in [0.25, 0.3) is 0 Å². The molecule has 1 rings (SSSR count). The number of hydrogen-bond acceptors (Lipinski definition) is 3. The van der Waals surface area contributed by atoms with Gasteiger partial charge < -0.3 is 4.90 Å². The molecule has 0 aliphatic carbocycles. The van der Waals surface area contributed by atoms with Crippen molar-refractivity contribution in [2.45, 2.75) is 19.8 Å². The molecule has 5 nitrogen and oxygen atoms in total. The van der Waals surface area contributed by atoms with E-state index >= 15 is 0 Å². The number of carbonyl (C=O) groups excluding carboxylic acids is 1. The summed E-state index contributed by atoms with van der Waals surface area (Å²) in [5, 5.41) is 10.7. The van der Waals surface area contributed by atoms with Gasteiger partial charge in [0.25, 0.3) is 11.6 Å². The van der Waals surface area contributed by atoms with Gasteiger partial charge in [-0.25, -0.2) is 0 Å². The Kier molecular flexibility index (Phi) is 4.52. The molecule has 0 aromatic heterocycles. The number of carbonyl (C=O) groups is 1. The normalized spacial score (nSPS) is 11.2. The summed E-state index contributed by atoms with van der Waals surface area (Å²) in [6.45, 7) is 3.37. The van der Waals surface area contributed by atoms with Crippen molar-refractivity contribution in [2.24, 2.45) is 0 Å². The van der Waals surface area contributed by atoms with Crippen molar-refractivity contribution in [1.82, 2.24) is 4.90 Å². The molecule has 0 saturated carbocycles. The van der Waals surface area contributed by atoms with Crippen molar-refractivity contribution >= 4 is 11.6 Å². The van der Waals surface area contributed by atoms with Gasteiger partial charge in [-0.05, 0) is 19.9 Å². The molecule has 0 N–H and O–H groups in total. The van der Waals surface area contributed by atoms with E-state index < -0.39 is 28.0 Å². The maximum Gasteiger partial charge on any atom is 0.356 e. The lowest BCUT2D eigenvalue weighted by Gasteiger charge is -2.24. The van der Waals surface area contributed by atoms with Gasteiger partial charge >= 0.3 is 5.92 Å². The third kappa shape index (κ3) is 2.86. The first-order valence-corrected chi connectivity index (χ1v) is 5.77. The van der Waals surface area contributed by atoms with E-state index in [4.69, 9.17) is 0 Å². The van der Waals surface area contributed by atoms with Crippen LogP contribution in [-0.4, -0.2) is 28.8 Å². The maximum atomic E-state index is 14.1. The summed E-state index contributed by atoms with van der Waals surface area (Å²) >= 11 is 0. The van der Waals surface area contributed by atoms with Crippen LogP contribution >= 0.6 is 0 Å². The van der Waals surface area contributed by atoms with E-state index in [2.05, 4.69) is 0 Å². The Balaban J connectivity index is 3.27. The second-order valence-electron chi connectivity index (χ2n) is 3.83. The lowest BCUT2D eigenvalue weighted by atomic mass is 10.0. The van der Waals surface area contributed by atoms with Gasteiger partial charge in [0, 0.05) is 19.2 Å². The van der Waals surface area contributed by atoms with Gasteiger partial charge in [-0.1, -0.05) is 12.1 Å². The van der Waals surface area contributed by atoms with E-state index in [9.17, 15) is 23.7 Å². The molecule has 0 radical (unpaired) electrons. The lowest BCUT2D eigenvalue weighted by molar-refractivity contribution is -0.386. The van der Waals surface area contributed by atoms with Gasteiger partial charge in [-0.3, -0.25) is 14.9 Å². The summed E-state index contributed by atoms with van der Waals surface area (Å²) < 4.78 is 28.2. The van der Waals surface area contributed by atoms with Gasteiger partial charge in [0.1, 0.15) is 5.56 Å². The summed E-state index contributed by atoms with van der Waals surface area (Å²) in [6, 6.07) is 4.38. The number of nitro groups is 1. The van der Waals surface area contributed by atoms with Gasteiger partial charge in [-0.2, -0.15) is 8.78 Å². The monoisotopic (exact) mass is 272 g/mol. The molecule has 0 unspecified atom stereocenters. The number of nitrogens with zero attached hydrogens (tertiary/aromatic N) is 2. The second kappa shape index (κ2) is 5.73. The van der Waals surface area contributed by atoms with Crippen LogP contribution in [0.4, 0.5) is 14.5 Å². The molecule has 19 heavy (non-hydrogen) atoms. The minimum absolute atomic E-state index is 0.117. The highest BCUT2D eigenvalue weighted by molar-refractivity contribution is 5.86. The summed E-state index contributed by atoms with van der Waals surface area (Å²) in [4.78, 5) is 22.5. The molecule has 0 spiro atoms. The number of nitro benzene ring substituents is 1. The highest BCUT2D eigenvalue weighted by Crippen LogP contribution is 2.36. The highest BCUT2D eigenvalue weighted by atomic mass is 19.3. The molecule has 0 fully saturated rings. The molecule has 0 bridgehead atoms. The number of para-hydroxylation sites is 1. The maximum absolute atomic E-state index is 14.1. The molecule has 1 amide bonds. The number of hydrogen-bond donors (Lipinski definition) is 0. The van der Waals surface area contributed by atoms with Crippen molar-refractivity contribution in [3.63, 3.8) is 0 Å². The quantitative estimate of drug-likeness (QED) is 0.611. The predicted octanol–water partition coefficient (Wildman–Crippen LogP) is 2.56. The van der Waals surface area contributed by atoms with Crippen LogP contribution in [0.1, 0.15) is 19.4 Å². The average Bonchev–Trinajstić information content (AvgIpc) is 2.39. The SMILES string of the molecule is CCN(CC)C(=O)C(F)(F)c1ccccc1[N+](=O)[O-]. The molecule has 7 heteroatoms. The summed E-state index contributed by atoms with van der Waals surface area (Å²) in [5.41, 5.74) is -1.63. The Bertz CT molecular complexity index is 488. The fourth-order valence-corrected chi connectivity index (χ4v) is 1.72. The molecule has 1 aromatic carbocycles. The second-order valence-corrected chi connectivity index (χ2v) is 3.83. The van der Waals surface area contributed by atoms with E-state index in [-0.39, 0.29) is 13.1 Å². The Morgan fingerprint density at radius 1 is 1.32 bits per heavy atom. The Labute approximate surface area is 109 Å². The van der Waals surface area contributed by atoms with Gasteiger partial charge in [0.05, 0.1) is 4.92 Å². The molecule has 0 aliphatic rings. The number of alkyl halides is 2. The van der Waals surface area contributed by atoms with Gasteiger partial charge in [0.15, 0.2) is 0 Å². The van der Waals surface area contributed by atoms with Crippen LogP contribution in [0.5, 0.6) is 0 Å². The first-order chi connectivity index (χ1) is 8.86. The molecule has 0 saturated heterocycles. The third-order valence-electron chi connectivity index (χ3n) is 2.76. The fourth-order valence-electron chi connectivity index (χ4n) is 1.72. The number of benzene rings is 1. The van der Waals surface area contributed by atoms with E-state index in [1.165, 1.54) is 12.1 Å². The fraction of sp³-hybridized carbons (Fsp3) is 0.417. The first-order valence-electron chi connectivity index (χ1n) is 5.77. The zero-order valence-corrected chi connectivity index (χ0v) is 10.6. The van der Waals surface area contributed by atoms with Gasteiger partial charge in [0.2, 0.25) is 0 Å². The molecule has 0 aliphatic heterocycles. The summed E-state index contributed by atoms with van der Waals surface area (Å²) in [7, 11) is 0. The van der Waals surface area contributed by atoms with Crippen molar-refractivity contribution in [1.29, 1.82) is 0 Å². The minimum Gasteiger partial charge on any atom is -0.338 e. The van der Waals surface area contributed by atoms with Crippen LogP contribution in [0.15, 0.2) is 24.3 Å². The van der Waals surface area contributed by atoms with E-state index in [1.807, 2.05) is 0 Å². The predicted molar refractivity (Wildman–Crippen MR) is 64.9 cm³/mol. The molecule has 0 atom stereocenters. The zero-order valence-electron chi connectivity index (χ0n) is 10.6. The van der Waals surface area contributed by atoms with E-state index in [0.717, 1.165) is 17.0 Å². The van der Waals surface area contributed by atoms with Gasteiger partial charge in [-0.15, -0.1) is 0 Å². The smallest absolute Gasteiger partial charge is 0.338 e. The molecular formula is C12H14F2N2O3. The number of amides is 1. The van der Waals surface area contributed by atoms with Crippen LogP contribution in [0, 0.1) is 10.1 Å². The average molecular weight is 272 g/mol. The zero-order chi connectivity index (χ0) is 14.6. The van der Waals surface area contributed by atoms with E-state index in [0.29, 0.717) is 0 Å². The Morgan fingerprint density at radius 2 is 1.84 bits per heavy atom. The minimum atomic E-state index is -3.91. The Morgan fingerprint density at radius 3 is 2.32 bits per heavy atom.